The van der Waals surface area contributed by atoms with Crippen LogP contribution in [-0.4, -0.2) is 6.61 Å². The van der Waals surface area contributed by atoms with Crippen LogP contribution < -0.4 is 4.74 Å². The van der Waals surface area contributed by atoms with Gasteiger partial charge in [-0.2, -0.15) is 8.78 Å². The minimum atomic E-state index is -3.73. The molecule has 0 aliphatic carbocycles. The molecule has 1 aliphatic rings. The van der Waals surface area contributed by atoms with Crippen molar-refractivity contribution in [1.29, 1.82) is 0 Å². The molecule has 0 aromatic heterocycles. The fourth-order valence-corrected chi connectivity index (χ4v) is 4.06. The van der Waals surface area contributed by atoms with Crippen molar-refractivity contribution in [2.24, 2.45) is 0 Å². The minimum absolute atomic E-state index is 0.166. The highest BCUT2D eigenvalue weighted by molar-refractivity contribution is 5.64. The quantitative estimate of drug-likeness (QED) is 0.415. The summed E-state index contributed by atoms with van der Waals surface area (Å²) in [6, 6.07) is 18.7. The number of halogens is 3. The van der Waals surface area contributed by atoms with Crippen LogP contribution in [0.2, 0.25) is 0 Å². The SMILES string of the molecule is CCCc1ccc(-c2ccc(C3Cc4ccc(OCC)c(F)c4C(F)(F)O3)cc2)cc1. The molecule has 1 heterocycles. The first-order chi connectivity index (χ1) is 14.9. The number of rotatable bonds is 6. The van der Waals surface area contributed by atoms with Crippen LogP contribution in [0.1, 0.15) is 48.6 Å². The van der Waals surface area contributed by atoms with Gasteiger partial charge in [0, 0.05) is 6.42 Å². The second kappa shape index (κ2) is 8.75. The van der Waals surface area contributed by atoms with E-state index >= 15 is 0 Å². The molecule has 0 bridgehead atoms. The summed E-state index contributed by atoms with van der Waals surface area (Å²) in [7, 11) is 0. The Morgan fingerprint density at radius 2 is 1.58 bits per heavy atom. The third-order valence-corrected chi connectivity index (χ3v) is 5.59. The molecule has 0 saturated heterocycles. The predicted octanol–water partition coefficient (Wildman–Crippen LogP) is 7.21. The topological polar surface area (TPSA) is 18.5 Å². The highest BCUT2D eigenvalue weighted by Gasteiger charge is 2.46. The van der Waals surface area contributed by atoms with Crippen molar-refractivity contribution in [3.63, 3.8) is 0 Å². The van der Waals surface area contributed by atoms with E-state index in [1.54, 1.807) is 19.1 Å². The molecule has 0 N–H and O–H groups in total. The molecule has 0 amide bonds. The van der Waals surface area contributed by atoms with Gasteiger partial charge < -0.3 is 9.47 Å². The molecule has 5 heteroatoms. The Bertz CT molecular complexity index is 1040. The fraction of sp³-hybridized carbons (Fsp3) is 0.308. The van der Waals surface area contributed by atoms with E-state index < -0.39 is 23.6 Å². The van der Waals surface area contributed by atoms with E-state index in [9.17, 15) is 13.2 Å². The molecule has 0 spiro atoms. The summed E-state index contributed by atoms with van der Waals surface area (Å²) < 4.78 is 54.3. The molecule has 0 radical (unpaired) electrons. The van der Waals surface area contributed by atoms with Gasteiger partial charge in [0.25, 0.3) is 0 Å². The first-order valence-corrected chi connectivity index (χ1v) is 10.6. The number of hydrogen-bond acceptors (Lipinski definition) is 2. The van der Waals surface area contributed by atoms with Gasteiger partial charge in [0.15, 0.2) is 11.6 Å². The van der Waals surface area contributed by atoms with E-state index in [0.29, 0.717) is 5.56 Å². The molecule has 1 unspecified atom stereocenters. The Labute approximate surface area is 180 Å². The number of benzene rings is 3. The largest absolute Gasteiger partial charge is 0.491 e. The van der Waals surface area contributed by atoms with Crippen molar-refractivity contribution in [1.82, 2.24) is 0 Å². The zero-order valence-corrected chi connectivity index (χ0v) is 17.6. The molecular weight excluding hydrogens is 401 g/mol. The summed E-state index contributed by atoms with van der Waals surface area (Å²) in [5.41, 5.74) is 3.50. The maximum atomic E-state index is 14.7. The second-order valence-corrected chi connectivity index (χ2v) is 7.74. The van der Waals surface area contributed by atoms with Crippen LogP contribution in [0.4, 0.5) is 13.2 Å². The lowest BCUT2D eigenvalue weighted by molar-refractivity contribution is -0.284. The molecule has 4 rings (SSSR count). The molecule has 31 heavy (non-hydrogen) atoms. The number of aryl methyl sites for hydroxylation is 1. The molecule has 0 fully saturated rings. The number of alkyl halides is 2. The monoisotopic (exact) mass is 426 g/mol. The van der Waals surface area contributed by atoms with Crippen LogP contribution in [0.15, 0.2) is 60.7 Å². The molecule has 1 aliphatic heterocycles. The molecular formula is C26H25F3O2. The molecule has 2 nitrogen and oxygen atoms in total. The van der Waals surface area contributed by atoms with E-state index in [4.69, 9.17) is 9.47 Å². The zero-order valence-electron chi connectivity index (χ0n) is 17.6. The van der Waals surface area contributed by atoms with Gasteiger partial charge in [0.1, 0.15) is 0 Å². The van der Waals surface area contributed by atoms with Gasteiger partial charge in [-0.3, -0.25) is 0 Å². The smallest absolute Gasteiger partial charge is 0.387 e. The minimum Gasteiger partial charge on any atom is -0.491 e. The van der Waals surface area contributed by atoms with Gasteiger partial charge in [-0.05, 0) is 47.2 Å². The normalized spacial score (nSPS) is 17.3. The van der Waals surface area contributed by atoms with Crippen LogP contribution in [-0.2, 0) is 23.7 Å². The second-order valence-electron chi connectivity index (χ2n) is 7.74. The van der Waals surface area contributed by atoms with E-state index in [0.717, 1.165) is 24.0 Å². The first-order valence-electron chi connectivity index (χ1n) is 10.6. The molecule has 162 valence electrons. The lowest BCUT2D eigenvalue weighted by Gasteiger charge is -2.32. The van der Waals surface area contributed by atoms with Crippen molar-refractivity contribution in [3.8, 4) is 16.9 Å². The van der Waals surface area contributed by atoms with Crippen LogP contribution in [0.3, 0.4) is 0 Å². The lowest BCUT2D eigenvalue weighted by atomic mass is 9.92. The van der Waals surface area contributed by atoms with Crippen molar-refractivity contribution in [2.45, 2.75) is 45.3 Å². The summed E-state index contributed by atoms with van der Waals surface area (Å²) >= 11 is 0. The van der Waals surface area contributed by atoms with E-state index in [-0.39, 0.29) is 24.3 Å². The van der Waals surface area contributed by atoms with Gasteiger partial charge in [-0.1, -0.05) is 67.9 Å². The third kappa shape index (κ3) is 4.33. The van der Waals surface area contributed by atoms with Gasteiger partial charge in [-0.15, -0.1) is 0 Å². The van der Waals surface area contributed by atoms with E-state index in [1.807, 2.05) is 12.1 Å². The summed E-state index contributed by atoms with van der Waals surface area (Å²) in [5, 5.41) is 0. The third-order valence-electron chi connectivity index (χ3n) is 5.59. The number of ether oxygens (including phenoxy) is 2. The lowest BCUT2D eigenvalue weighted by Crippen LogP contribution is -2.31. The van der Waals surface area contributed by atoms with Gasteiger partial charge in [-0.25, -0.2) is 4.39 Å². The van der Waals surface area contributed by atoms with Crippen LogP contribution in [0, 0.1) is 5.82 Å². The van der Waals surface area contributed by atoms with Crippen LogP contribution >= 0.6 is 0 Å². The summed E-state index contributed by atoms with van der Waals surface area (Å²) in [6.07, 6.45) is -2.29. The number of hydrogen-bond donors (Lipinski definition) is 0. The highest BCUT2D eigenvalue weighted by atomic mass is 19.3. The molecule has 3 aromatic rings. The van der Waals surface area contributed by atoms with Gasteiger partial charge in [0.05, 0.1) is 18.3 Å². The van der Waals surface area contributed by atoms with Gasteiger partial charge >= 0.3 is 6.11 Å². The molecule has 3 aromatic carbocycles. The maximum Gasteiger partial charge on any atom is 0.387 e. The Hall–Kier alpha value is -2.79. The van der Waals surface area contributed by atoms with E-state index in [2.05, 4.69) is 31.2 Å². The van der Waals surface area contributed by atoms with Crippen molar-refractivity contribution in [2.75, 3.05) is 6.61 Å². The van der Waals surface area contributed by atoms with Gasteiger partial charge in [0.2, 0.25) is 0 Å². The van der Waals surface area contributed by atoms with E-state index in [1.165, 1.54) is 17.7 Å². The Balaban J connectivity index is 1.58. The zero-order chi connectivity index (χ0) is 22.0. The molecule has 0 saturated carbocycles. The Kier molecular flexibility index (Phi) is 6.05. The average Bonchev–Trinajstić information content (AvgIpc) is 2.76. The summed E-state index contributed by atoms with van der Waals surface area (Å²) in [4.78, 5) is 0. The Morgan fingerprint density at radius 1 is 0.935 bits per heavy atom. The van der Waals surface area contributed by atoms with Crippen molar-refractivity contribution in [3.05, 3.63) is 88.7 Å². The Morgan fingerprint density at radius 3 is 2.19 bits per heavy atom. The van der Waals surface area contributed by atoms with Crippen molar-refractivity contribution >= 4 is 0 Å². The summed E-state index contributed by atoms with van der Waals surface area (Å²) in [5.74, 6) is -1.23. The van der Waals surface area contributed by atoms with Crippen molar-refractivity contribution < 1.29 is 22.6 Å². The number of fused-ring (bicyclic) bond motifs is 1. The summed E-state index contributed by atoms with van der Waals surface area (Å²) in [6.45, 7) is 4.01. The predicted molar refractivity (Wildman–Crippen MR) is 115 cm³/mol. The first kappa shape index (κ1) is 21.4. The standard InChI is InChI=1S/C26H25F3O2/c1-3-5-17-6-8-18(9-7-17)19-10-12-20(13-11-19)23-16-21-14-15-22(30-4-2)25(27)24(21)26(28,29)31-23/h6-15,23H,3-5,16H2,1-2H3. The van der Waals surface area contributed by atoms with Crippen LogP contribution in [0.5, 0.6) is 5.75 Å². The maximum absolute atomic E-state index is 14.7. The van der Waals surface area contributed by atoms with Crippen LogP contribution in [0.25, 0.3) is 11.1 Å². The highest BCUT2D eigenvalue weighted by Crippen LogP contribution is 2.46. The average molecular weight is 426 g/mol. The fourth-order valence-electron chi connectivity index (χ4n) is 4.06. The molecule has 1 atom stereocenters.